The number of carboxylic acid groups (broad SMARTS) is 1. The van der Waals surface area contributed by atoms with Crippen LogP contribution in [0.4, 0.5) is 13.2 Å². The lowest BCUT2D eigenvalue weighted by atomic mass is 10.7. The number of nitrogens with one attached hydrogen (secondary N) is 2. The van der Waals surface area contributed by atoms with E-state index in [1.807, 2.05) is 5.43 Å². The molecule has 0 heterocycles. The standard InChI is InChI=1S/C2HF3O2.CH6N4/c3-2(4,5)1(6)7;2-1(3)5-4/h(H,6,7);4H2,(H4,2,3,5). The van der Waals surface area contributed by atoms with Crippen molar-refractivity contribution in [2.45, 2.75) is 6.18 Å². The lowest BCUT2D eigenvalue weighted by Gasteiger charge is -1.93. The summed E-state index contributed by atoms with van der Waals surface area (Å²) in [6.45, 7) is 0. The molecule has 0 aromatic carbocycles. The molecular formula is C3H7F3N4O2. The quantitative estimate of drug-likeness (QED) is 0.144. The highest BCUT2D eigenvalue weighted by atomic mass is 19.4. The smallest absolute Gasteiger partial charge is 0.475 e. The second-order valence-corrected chi connectivity index (χ2v) is 1.36. The Morgan fingerprint density at radius 3 is 1.67 bits per heavy atom. The number of hydrogen-bond acceptors (Lipinski definition) is 3. The largest absolute Gasteiger partial charge is 0.490 e. The number of hydrogen-bond donors (Lipinski definition) is 5. The van der Waals surface area contributed by atoms with E-state index in [0.29, 0.717) is 0 Å². The van der Waals surface area contributed by atoms with Gasteiger partial charge in [0.1, 0.15) is 0 Å². The molecule has 7 N–H and O–H groups in total. The monoisotopic (exact) mass is 188 g/mol. The highest BCUT2D eigenvalue weighted by Gasteiger charge is 2.38. The fraction of sp³-hybridized carbons (Fsp3) is 0.333. The van der Waals surface area contributed by atoms with Crippen LogP contribution in [-0.2, 0) is 4.79 Å². The number of nitrogens with two attached hydrogens (primary N) is 2. The minimum atomic E-state index is -5.08. The molecule has 0 aliphatic heterocycles. The molecule has 0 spiro atoms. The summed E-state index contributed by atoms with van der Waals surface area (Å²) >= 11 is 0. The van der Waals surface area contributed by atoms with E-state index in [1.165, 1.54) is 0 Å². The molecule has 0 radical (unpaired) electrons. The highest BCUT2D eigenvalue weighted by molar-refractivity contribution is 5.73. The molecule has 0 aliphatic carbocycles. The van der Waals surface area contributed by atoms with Gasteiger partial charge >= 0.3 is 12.1 Å². The van der Waals surface area contributed by atoms with E-state index in [9.17, 15) is 13.2 Å². The minimum Gasteiger partial charge on any atom is -0.475 e. The maximum atomic E-state index is 10.6. The van der Waals surface area contributed by atoms with Crippen molar-refractivity contribution in [1.29, 1.82) is 5.41 Å². The summed E-state index contributed by atoms with van der Waals surface area (Å²) in [6.07, 6.45) is -5.08. The van der Waals surface area contributed by atoms with Crippen molar-refractivity contribution in [2.75, 3.05) is 0 Å². The number of aliphatic carboxylic acids is 1. The molecule has 0 rings (SSSR count). The predicted octanol–water partition coefficient (Wildman–Crippen LogP) is -1.02. The molecule has 0 fully saturated rings. The molecule has 0 saturated carbocycles. The lowest BCUT2D eigenvalue weighted by molar-refractivity contribution is -0.192. The van der Waals surface area contributed by atoms with Gasteiger partial charge in [-0.1, -0.05) is 0 Å². The van der Waals surface area contributed by atoms with Crippen LogP contribution >= 0.6 is 0 Å². The third kappa shape index (κ3) is 11.3. The fourth-order valence-corrected chi connectivity index (χ4v) is 0. The van der Waals surface area contributed by atoms with Crippen molar-refractivity contribution in [1.82, 2.24) is 5.43 Å². The highest BCUT2D eigenvalue weighted by Crippen LogP contribution is 2.13. The molecule has 0 amide bonds. The predicted molar refractivity (Wildman–Crippen MR) is 32.9 cm³/mol. The van der Waals surface area contributed by atoms with Crippen LogP contribution in [0, 0.1) is 5.41 Å². The zero-order valence-electron chi connectivity index (χ0n) is 5.64. The molecule has 0 aliphatic rings. The van der Waals surface area contributed by atoms with Gasteiger partial charge in [0.2, 0.25) is 0 Å². The molecule has 72 valence electrons. The van der Waals surface area contributed by atoms with Gasteiger partial charge in [0.25, 0.3) is 0 Å². The third-order valence-electron chi connectivity index (χ3n) is 0.398. The fourth-order valence-electron chi connectivity index (χ4n) is 0. The van der Waals surface area contributed by atoms with E-state index in [2.05, 4.69) is 11.6 Å². The van der Waals surface area contributed by atoms with Crippen LogP contribution < -0.4 is 17.0 Å². The van der Waals surface area contributed by atoms with Crippen molar-refractivity contribution >= 4 is 11.9 Å². The normalized spacial score (nSPS) is 9.33. The Hall–Kier alpha value is -1.51. The molecular weight excluding hydrogens is 181 g/mol. The first kappa shape index (κ1) is 13.1. The van der Waals surface area contributed by atoms with Gasteiger partial charge in [-0.25, -0.2) is 10.6 Å². The molecule has 9 heteroatoms. The zero-order valence-corrected chi connectivity index (χ0v) is 5.64. The summed E-state index contributed by atoms with van der Waals surface area (Å²) in [7, 11) is 0. The average molecular weight is 188 g/mol. The summed E-state index contributed by atoms with van der Waals surface area (Å²) in [5.41, 5.74) is 6.53. The molecule has 12 heavy (non-hydrogen) atoms. The van der Waals surface area contributed by atoms with Crippen LogP contribution in [0.25, 0.3) is 0 Å². The van der Waals surface area contributed by atoms with E-state index in [4.69, 9.17) is 15.3 Å². The van der Waals surface area contributed by atoms with E-state index < -0.39 is 12.1 Å². The summed E-state index contributed by atoms with van der Waals surface area (Å²) < 4.78 is 31.7. The molecule has 0 aromatic heterocycles. The van der Waals surface area contributed by atoms with Crippen LogP contribution in [0.1, 0.15) is 0 Å². The van der Waals surface area contributed by atoms with E-state index >= 15 is 0 Å². The van der Waals surface area contributed by atoms with Gasteiger partial charge in [0, 0.05) is 0 Å². The van der Waals surface area contributed by atoms with E-state index in [-0.39, 0.29) is 5.96 Å². The average Bonchev–Trinajstić information content (AvgIpc) is 1.87. The third-order valence-corrected chi connectivity index (χ3v) is 0.398. The Bertz CT molecular complexity index is 167. The maximum absolute atomic E-state index is 10.6. The Balaban J connectivity index is 0. The van der Waals surface area contributed by atoms with Gasteiger partial charge in [-0.3, -0.25) is 10.8 Å². The molecule has 0 saturated heterocycles. The minimum absolute atomic E-state index is 0.218. The number of carbonyl (C=O) groups is 1. The summed E-state index contributed by atoms with van der Waals surface area (Å²) in [5.74, 6) is 1.60. The first-order valence-electron chi connectivity index (χ1n) is 2.32. The number of guanidine groups is 1. The molecule has 0 atom stereocenters. The Morgan fingerprint density at radius 2 is 1.67 bits per heavy atom. The maximum Gasteiger partial charge on any atom is 0.490 e. The van der Waals surface area contributed by atoms with Crippen molar-refractivity contribution in [3.8, 4) is 0 Å². The van der Waals surface area contributed by atoms with Crippen LogP contribution in [0.5, 0.6) is 0 Å². The SMILES string of the molecule is N=C(N)NN.O=C(O)C(F)(F)F. The lowest BCUT2D eigenvalue weighted by Crippen LogP contribution is -2.35. The molecule has 6 nitrogen and oxygen atoms in total. The van der Waals surface area contributed by atoms with Gasteiger partial charge in [0.15, 0.2) is 5.96 Å². The molecule has 0 bridgehead atoms. The summed E-state index contributed by atoms with van der Waals surface area (Å²) in [4.78, 5) is 8.90. The van der Waals surface area contributed by atoms with Crippen molar-refractivity contribution in [2.24, 2.45) is 11.6 Å². The van der Waals surface area contributed by atoms with Crippen LogP contribution in [0.2, 0.25) is 0 Å². The Labute approximate surface area is 64.8 Å². The second-order valence-electron chi connectivity index (χ2n) is 1.36. The summed E-state index contributed by atoms with van der Waals surface area (Å²) in [5, 5.41) is 13.4. The number of halogens is 3. The van der Waals surface area contributed by atoms with Gasteiger partial charge in [0.05, 0.1) is 0 Å². The zero-order chi connectivity index (χ0) is 10.4. The number of alkyl halides is 3. The molecule has 0 unspecified atom stereocenters. The van der Waals surface area contributed by atoms with Crippen molar-refractivity contribution in [3.63, 3.8) is 0 Å². The van der Waals surface area contributed by atoms with Crippen molar-refractivity contribution in [3.05, 3.63) is 0 Å². The van der Waals surface area contributed by atoms with Crippen LogP contribution in [0.3, 0.4) is 0 Å². The van der Waals surface area contributed by atoms with E-state index in [1.54, 1.807) is 0 Å². The Morgan fingerprint density at radius 1 is 1.50 bits per heavy atom. The number of carboxylic acids is 1. The van der Waals surface area contributed by atoms with Crippen LogP contribution in [-0.4, -0.2) is 23.2 Å². The summed E-state index contributed by atoms with van der Waals surface area (Å²) in [6, 6.07) is 0. The molecule has 0 aromatic rings. The van der Waals surface area contributed by atoms with Gasteiger partial charge in [-0.05, 0) is 0 Å². The van der Waals surface area contributed by atoms with Crippen molar-refractivity contribution < 1.29 is 23.1 Å². The van der Waals surface area contributed by atoms with E-state index in [0.717, 1.165) is 0 Å². The number of rotatable bonds is 0. The van der Waals surface area contributed by atoms with Gasteiger partial charge in [-0.15, -0.1) is 0 Å². The first-order chi connectivity index (χ1) is 5.21. The second kappa shape index (κ2) is 5.18. The first-order valence-corrected chi connectivity index (χ1v) is 2.32. The van der Waals surface area contributed by atoms with Crippen LogP contribution in [0.15, 0.2) is 0 Å². The van der Waals surface area contributed by atoms with Gasteiger partial charge in [-0.2, -0.15) is 13.2 Å². The number of hydrazine groups is 1. The van der Waals surface area contributed by atoms with Gasteiger partial charge < -0.3 is 10.8 Å². The topological polar surface area (TPSA) is 125 Å². The Kier molecular flexibility index (Phi) is 5.66.